The summed E-state index contributed by atoms with van der Waals surface area (Å²) < 4.78 is 13.6. The van der Waals surface area contributed by atoms with Crippen LogP contribution in [0, 0.1) is 17.0 Å². The molecule has 39 heavy (non-hydrogen) atoms. The van der Waals surface area contributed by atoms with Crippen LogP contribution in [-0.4, -0.2) is 22.1 Å². The van der Waals surface area contributed by atoms with E-state index >= 15 is 0 Å². The lowest BCUT2D eigenvalue weighted by Crippen LogP contribution is -2.39. The summed E-state index contributed by atoms with van der Waals surface area (Å²) >= 11 is 4.43. The van der Waals surface area contributed by atoms with Crippen LogP contribution in [0.3, 0.4) is 0 Å². The Morgan fingerprint density at radius 1 is 1.21 bits per heavy atom. The number of rotatable bonds is 6. The highest BCUT2D eigenvalue weighted by atomic mass is 79.9. The number of nitro benzene ring substituents is 1. The Kier molecular flexibility index (Phi) is 7.19. The molecule has 0 fully saturated rings. The van der Waals surface area contributed by atoms with Gasteiger partial charge in [0.05, 0.1) is 38.9 Å². The molecule has 0 aliphatic carbocycles. The second-order valence-corrected chi connectivity index (χ2v) is 10.8. The molecule has 11 heteroatoms. The zero-order chi connectivity index (χ0) is 27.8. The summed E-state index contributed by atoms with van der Waals surface area (Å²) in [6.45, 7) is 5.61. The average Bonchev–Trinajstić information content (AvgIpc) is 3.48. The van der Waals surface area contributed by atoms with Crippen molar-refractivity contribution in [3.05, 3.63) is 117 Å². The SMILES string of the molecule is CCOC(=O)C1=C(C)N=c2s/c(=C\c3ccc(-c4ccc(Br)cc4[N+](=O)[O-])o3)c(=O)n2[C@H]1c1ccc(C)cc1. The number of aromatic nitrogens is 1. The summed E-state index contributed by atoms with van der Waals surface area (Å²) in [6, 6.07) is 14.9. The fourth-order valence-electron chi connectivity index (χ4n) is 4.42. The van der Waals surface area contributed by atoms with Crippen molar-refractivity contribution in [2.24, 2.45) is 4.99 Å². The number of furan rings is 1. The summed E-state index contributed by atoms with van der Waals surface area (Å²) in [5.41, 5.74) is 2.46. The third-order valence-corrected chi connectivity index (χ3v) is 7.71. The Morgan fingerprint density at radius 2 is 1.95 bits per heavy atom. The van der Waals surface area contributed by atoms with Gasteiger partial charge < -0.3 is 9.15 Å². The number of thiazole rings is 1. The van der Waals surface area contributed by atoms with Gasteiger partial charge in [-0.3, -0.25) is 19.5 Å². The third-order valence-electron chi connectivity index (χ3n) is 6.23. The van der Waals surface area contributed by atoms with Crippen LogP contribution in [0.1, 0.15) is 36.8 Å². The number of nitrogens with zero attached hydrogens (tertiary/aromatic N) is 3. The molecule has 5 rings (SSSR count). The predicted octanol–water partition coefficient (Wildman–Crippen LogP) is 5.04. The molecule has 0 saturated heterocycles. The standard InChI is InChI=1S/C28H22BrN3O6S/c1-4-37-27(34)24-16(3)30-28-31(25(24)17-7-5-15(2)6-8-17)26(33)23(39-28)14-19-10-12-22(38-19)20-11-9-18(29)13-21(20)32(35)36/h5-14,25H,4H2,1-3H3/b23-14-/t25-/m0/s1. The molecule has 0 N–H and O–H groups in total. The number of nitro groups is 1. The highest BCUT2D eigenvalue weighted by molar-refractivity contribution is 9.10. The van der Waals surface area contributed by atoms with E-state index in [1.807, 2.05) is 31.2 Å². The second kappa shape index (κ2) is 10.6. The van der Waals surface area contributed by atoms with Crippen LogP contribution in [0.5, 0.6) is 0 Å². The molecule has 2 aromatic heterocycles. The van der Waals surface area contributed by atoms with E-state index in [0.717, 1.165) is 11.1 Å². The molecule has 1 aliphatic heterocycles. The highest BCUT2D eigenvalue weighted by Gasteiger charge is 2.33. The predicted molar refractivity (Wildman–Crippen MR) is 150 cm³/mol. The quantitative estimate of drug-likeness (QED) is 0.172. The monoisotopic (exact) mass is 607 g/mol. The maximum atomic E-state index is 13.7. The molecule has 0 spiro atoms. The first-order valence-corrected chi connectivity index (χ1v) is 13.6. The molecule has 0 saturated carbocycles. The fourth-order valence-corrected chi connectivity index (χ4v) is 5.80. The fraction of sp³-hybridized carbons (Fsp3) is 0.179. The number of hydrogen-bond acceptors (Lipinski definition) is 8. The summed E-state index contributed by atoms with van der Waals surface area (Å²) in [4.78, 5) is 42.8. The molecule has 0 unspecified atom stereocenters. The van der Waals surface area contributed by atoms with Crippen molar-refractivity contribution in [1.29, 1.82) is 0 Å². The van der Waals surface area contributed by atoms with Crippen LogP contribution in [0.4, 0.5) is 5.69 Å². The summed E-state index contributed by atoms with van der Waals surface area (Å²) in [6.07, 6.45) is 1.58. The number of allylic oxidation sites excluding steroid dienone is 1. The number of ether oxygens (including phenoxy) is 1. The molecule has 9 nitrogen and oxygen atoms in total. The van der Waals surface area contributed by atoms with E-state index in [1.165, 1.54) is 22.0 Å². The summed E-state index contributed by atoms with van der Waals surface area (Å²) in [5, 5.41) is 11.6. The lowest BCUT2D eigenvalue weighted by atomic mass is 9.95. The molecular weight excluding hydrogens is 586 g/mol. The molecule has 0 radical (unpaired) electrons. The smallest absolute Gasteiger partial charge is 0.338 e. The lowest BCUT2D eigenvalue weighted by Gasteiger charge is -2.24. The molecule has 0 amide bonds. The van der Waals surface area contributed by atoms with E-state index in [0.29, 0.717) is 42.2 Å². The van der Waals surface area contributed by atoms with Gasteiger partial charge in [0.25, 0.3) is 11.2 Å². The molecule has 2 aromatic carbocycles. The Hall–Kier alpha value is -4.09. The number of aryl methyl sites for hydroxylation is 1. The first-order valence-electron chi connectivity index (χ1n) is 12.0. The third kappa shape index (κ3) is 5.02. The van der Waals surface area contributed by atoms with E-state index in [1.54, 1.807) is 44.2 Å². The minimum absolute atomic E-state index is 0.107. The zero-order valence-corrected chi connectivity index (χ0v) is 23.5. The van der Waals surface area contributed by atoms with E-state index in [2.05, 4.69) is 20.9 Å². The summed E-state index contributed by atoms with van der Waals surface area (Å²) in [7, 11) is 0. The Morgan fingerprint density at radius 3 is 2.64 bits per heavy atom. The molecule has 1 atom stereocenters. The number of esters is 1. The molecule has 0 bridgehead atoms. The average molecular weight is 608 g/mol. The van der Waals surface area contributed by atoms with Gasteiger partial charge in [0.2, 0.25) is 0 Å². The van der Waals surface area contributed by atoms with Gasteiger partial charge in [0, 0.05) is 16.6 Å². The van der Waals surface area contributed by atoms with Crippen molar-refractivity contribution in [1.82, 2.24) is 4.57 Å². The van der Waals surface area contributed by atoms with Gasteiger partial charge in [0.1, 0.15) is 11.5 Å². The Bertz CT molecular complexity index is 1830. The minimum atomic E-state index is -0.708. The van der Waals surface area contributed by atoms with E-state index < -0.39 is 16.9 Å². The van der Waals surface area contributed by atoms with Crippen LogP contribution in [0.25, 0.3) is 17.4 Å². The molecule has 198 valence electrons. The molecular formula is C28H22BrN3O6S. The van der Waals surface area contributed by atoms with Crippen molar-refractivity contribution in [2.75, 3.05) is 6.61 Å². The number of carbonyl (C=O) groups is 1. The van der Waals surface area contributed by atoms with Crippen LogP contribution >= 0.6 is 27.3 Å². The van der Waals surface area contributed by atoms with E-state index in [9.17, 15) is 19.7 Å². The Balaban J connectivity index is 1.63. The Labute approximate surface area is 234 Å². The van der Waals surface area contributed by atoms with Crippen molar-refractivity contribution in [3.63, 3.8) is 0 Å². The normalized spacial score (nSPS) is 15.2. The molecule has 3 heterocycles. The zero-order valence-electron chi connectivity index (χ0n) is 21.1. The van der Waals surface area contributed by atoms with Crippen LogP contribution in [0.15, 0.2) is 84.5 Å². The first-order chi connectivity index (χ1) is 18.7. The first kappa shape index (κ1) is 26.5. The second-order valence-electron chi connectivity index (χ2n) is 8.83. The number of halogens is 1. The maximum absolute atomic E-state index is 13.7. The van der Waals surface area contributed by atoms with Gasteiger partial charge in [-0.05, 0) is 50.6 Å². The van der Waals surface area contributed by atoms with E-state index in [-0.39, 0.29) is 17.9 Å². The van der Waals surface area contributed by atoms with Gasteiger partial charge in [-0.2, -0.15) is 0 Å². The number of benzene rings is 2. The molecule has 1 aliphatic rings. The highest BCUT2D eigenvalue weighted by Crippen LogP contribution is 2.34. The number of fused-ring (bicyclic) bond motifs is 1. The maximum Gasteiger partial charge on any atom is 0.338 e. The van der Waals surface area contributed by atoms with Gasteiger partial charge in [-0.25, -0.2) is 9.79 Å². The molecule has 4 aromatic rings. The van der Waals surface area contributed by atoms with Gasteiger partial charge in [-0.15, -0.1) is 0 Å². The van der Waals surface area contributed by atoms with Crippen LogP contribution in [-0.2, 0) is 9.53 Å². The van der Waals surface area contributed by atoms with E-state index in [4.69, 9.17) is 9.15 Å². The van der Waals surface area contributed by atoms with Crippen molar-refractivity contribution in [3.8, 4) is 11.3 Å². The van der Waals surface area contributed by atoms with Crippen molar-refractivity contribution < 1.29 is 18.9 Å². The summed E-state index contributed by atoms with van der Waals surface area (Å²) in [5.74, 6) is 0.122. The number of carbonyl (C=O) groups excluding carboxylic acids is 1. The van der Waals surface area contributed by atoms with Crippen molar-refractivity contribution >= 4 is 45.0 Å². The minimum Gasteiger partial charge on any atom is -0.463 e. The topological polar surface area (TPSA) is 117 Å². The van der Waals surface area contributed by atoms with Gasteiger partial charge in [-0.1, -0.05) is 57.1 Å². The largest absolute Gasteiger partial charge is 0.463 e. The van der Waals surface area contributed by atoms with Crippen molar-refractivity contribution in [2.45, 2.75) is 26.8 Å². The van der Waals surface area contributed by atoms with Crippen LogP contribution < -0.4 is 14.9 Å². The van der Waals surface area contributed by atoms with Gasteiger partial charge >= 0.3 is 5.97 Å². The van der Waals surface area contributed by atoms with Crippen LogP contribution in [0.2, 0.25) is 0 Å². The number of hydrogen-bond donors (Lipinski definition) is 0. The van der Waals surface area contributed by atoms with Gasteiger partial charge in [0.15, 0.2) is 4.80 Å². The lowest BCUT2D eigenvalue weighted by molar-refractivity contribution is -0.384.